The van der Waals surface area contributed by atoms with Gasteiger partial charge in [-0.1, -0.05) is 6.07 Å². The topological polar surface area (TPSA) is 49.9 Å². The minimum Gasteiger partial charge on any atom is -0.378 e. The molecule has 0 radical (unpaired) electrons. The number of nitrogens with one attached hydrogen (secondary N) is 1. The van der Waals surface area contributed by atoms with E-state index in [1.807, 2.05) is 12.3 Å². The highest BCUT2D eigenvalue weighted by atomic mass is 16.5. The summed E-state index contributed by atoms with van der Waals surface area (Å²) in [7, 11) is 0. The van der Waals surface area contributed by atoms with Gasteiger partial charge in [-0.15, -0.1) is 0 Å². The molecule has 6 nitrogen and oxygen atoms in total. The molecule has 2 fully saturated rings. The summed E-state index contributed by atoms with van der Waals surface area (Å²) in [5.41, 5.74) is 4.95. The highest BCUT2D eigenvalue weighted by Crippen LogP contribution is 2.39. The van der Waals surface area contributed by atoms with Crippen LogP contribution in [0.25, 0.3) is 0 Å². The van der Waals surface area contributed by atoms with E-state index in [2.05, 4.69) is 51.3 Å². The van der Waals surface area contributed by atoms with E-state index in [1.165, 1.54) is 29.8 Å². The molecule has 1 aromatic carbocycles. The van der Waals surface area contributed by atoms with Gasteiger partial charge < -0.3 is 24.6 Å². The molecule has 30 heavy (non-hydrogen) atoms. The average Bonchev–Trinajstić information content (AvgIpc) is 3.16. The Morgan fingerprint density at radius 2 is 2.10 bits per heavy atom. The van der Waals surface area contributed by atoms with E-state index in [9.17, 15) is 0 Å². The van der Waals surface area contributed by atoms with Crippen molar-refractivity contribution in [1.82, 2.24) is 4.98 Å². The minimum absolute atomic E-state index is 0.429. The summed E-state index contributed by atoms with van der Waals surface area (Å²) in [4.78, 5) is 9.59. The van der Waals surface area contributed by atoms with Crippen LogP contribution in [-0.2, 0) is 16.0 Å². The third kappa shape index (κ3) is 4.12. The smallest absolute Gasteiger partial charge is 0.135 e. The summed E-state index contributed by atoms with van der Waals surface area (Å²) >= 11 is 0. The fourth-order valence-corrected chi connectivity index (χ4v) is 5.06. The monoisotopic (exact) mass is 408 g/mol. The Balaban J connectivity index is 1.44. The van der Waals surface area contributed by atoms with Gasteiger partial charge in [-0.3, -0.25) is 0 Å². The van der Waals surface area contributed by atoms with Crippen LogP contribution in [0.1, 0.15) is 31.7 Å². The van der Waals surface area contributed by atoms with Gasteiger partial charge in [0.15, 0.2) is 0 Å². The second-order valence-electron chi connectivity index (χ2n) is 8.57. The molecule has 2 aromatic rings. The van der Waals surface area contributed by atoms with Crippen LogP contribution in [0.2, 0.25) is 0 Å². The maximum Gasteiger partial charge on any atom is 0.135 e. The number of morpholine rings is 1. The first-order chi connectivity index (χ1) is 14.8. The quantitative estimate of drug-likeness (QED) is 0.801. The maximum atomic E-state index is 5.91. The lowest BCUT2D eigenvalue weighted by Crippen LogP contribution is -2.36. The molecule has 1 saturated carbocycles. The van der Waals surface area contributed by atoms with Crippen LogP contribution in [0, 0.1) is 5.92 Å². The van der Waals surface area contributed by atoms with Crippen molar-refractivity contribution >= 4 is 22.9 Å². The maximum absolute atomic E-state index is 5.91. The van der Waals surface area contributed by atoms with E-state index in [-0.39, 0.29) is 0 Å². The van der Waals surface area contributed by atoms with Crippen LogP contribution in [0.5, 0.6) is 0 Å². The lowest BCUT2D eigenvalue weighted by molar-refractivity contribution is 0.0656. The zero-order chi connectivity index (χ0) is 20.3. The van der Waals surface area contributed by atoms with Crippen LogP contribution >= 0.6 is 0 Å². The van der Waals surface area contributed by atoms with Crippen molar-refractivity contribution in [3.8, 4) is 0 Å². The summed E-state index contributed by atoms with van der Waals surface area (Å²) in [5.74, 6) is 1.64. The molecule has 3 aliphatic rings. The molecule has 1 aliphatic carbocycles. The number of anilines is 4. The van der Waals surface area contributed by atoms with E-state index in [0.717, 1.165) is 63.9 Å². The second-order valence-corrected chi connectivity index (χ2v) is 8.57. The number of benzene rings is 1. The molecule has 3 heterocycles. The molecule has 2 aliphatic heterocycles. The molecule has 0 bridgehead atoms. The highest BCUT2D eigenvalue weighted by molar-refractivity contribution is 5.81. The zero-order valence-corrected chi connectivity index (χ0v) is 17.8. The Hall–Kier alpha value is -2.31. The van der Waals surface area contributed by atoms with Crippen molar-refractivity contribution < 1.29 is 9.47 Å². The van der Waals surface area contributed by atoms with Crippen molar-refractivity contribution in [3.05, 3.63) is 42.1 Å². The Bertz CT molecular complexity index is 868. The second kappa shape index (κ2) is 8.82. The number of hydrogen-bond acceptors (Lipinski definition) is 6. The average molecular weight is 409 g/mol. The molecule has 5 rings (SSSR count). The molecule has 1 saturated heterocycles. The number of fused-ring (bicyclic) bond motifs is 2. The lowest BCUT2D eigenvalue weighted by atomic mass is 10.1. The lowest BCUT2D eigenvalue weighted by Gasteiger charge is -2.32. The molecule has 1 N–H and O–H groups in total. The molecule has 0 amide bonds. The van der Waals surface area contributed by atoms with Crippen LogP contribution < -0.4 is 15.1 Å². The van der Waals surface area contributed by atoms with Gasteiger partial charge in [0, 0.05) is 50.2 Å². The number of nitrogens with zero attached hydrogens (tertiary/aromatic N) is 3. The summed E-state index contributed by atoms with van der Waals surface area (Å²) in [6.45, 7) is 8.35. The molecular weight excluding hydrogens is 376 g/mol. The largest absolute Gasteiger partial charge is 0.378 e. The molecule has 2 atom stereocenters. The molecule has 160 valence electrons. The summed E-state index contributed by atoms with van der Waals surface area (Å²) < 4.78 is 11.5. The standard InChI is InChI=1S/C24H32N4O2/c1-2-30-21-7-5-18(14-21)16-28-17-19-4-3-9-25-24(19)26-22-8-6-20(15-23(22)28)27-10-12-29-13-11-27/h3-4,6,8-9,15,18,21H,2,5,7,10-14,16-17H2,1H3,(H,25,26)/t18-,21+/m0/s1. The summed E-state index contributed by atoms with van der Waals surface area (Å²) in [6.07, 6.45) is 5.89. The van der Waals surface area contributed by atoms with Gasteiger partial charge in [0.2, 0.25) is 0 Å². The summed E-state index contributed by atoms with van der Waals surface area (Å²) in [6, 6.07) is 11.0. The number of aromatic nitrogens is 1. The third-order valence-electron chi connectivity index (χ3n) is 6.58. The molecule has 6 heteroatoms. The van der Waals surface area contributed by atoms with Crippen LogP contribution in [0.4, 0.5) is 22.9 Å². The van der Waals surface area contributed by atoms with Gasteiger partial charge in [0.1, 0.15) is 5.82 Å². The van der Waals surface area contributed by atoms with Crippen LogP contribution in [0.15, 0.2) is 36.5 Å². The molecule has 1 aromatic heterocycles. The van der Waals surface area contributed by atoms with E-state index < -0.39 is 0 Å². The summed E-state index contributed by atoms with van der Waals surface area (Å²) in [5, 5.41) is 3.60. The van der Waals surface area contributed by atoms with Gasteiger partial charge in [-0.25, -0.2) is 4.98 Å². The van der Waals surface area contributed by atoms with E-state index >= 15 is 0 Å². The normalized spacial score (nSPS) is 23.5. The van der Waals surface area contributed by atoms with E-state index in [0.29, 0.717) is 12.0 Å². The highest BCUT2D eigenvalue weighted by Gasteiger charge is 2.29. The first-order valence-electron chi connectivity index (χ1n) is 11.3. The molecular formula is C24H32N4O2. The van der Waals surface area contributed by atoms with Crippen molar-refractivity contribution in [1.29, 1.82) is 0 Å². The predicted octanol–water partition coefficient (Wildman–Crippen LogP) is 4.19. The fraction of sp³-hybridized carbons (Fsp3) is 0.542. The fourth-order valence-electron chi connectivity index (χ4n) is 5.06. The Kier molecular flexibility index (Phi) is 5.77. The first kappa shape index (κ1) is 19.6. The van der Waals surface area contributed by atoms with Gasteiger partial charge >= 0.3 is 0 Å². The predicted molar refractivity (Wildman–Crippen MR) is 121 cm³/mol. The zero-order valence-electron chi connectivity index (χ0n) is 17.8. The third-order valence-corrected chi connectivity index (χ3v) is 6.58. The minimum atomic E-state index is 0.429. The van der Waals surface area contributed by atoms with Crippen LogP contribution in [0.3, 0.4) is 0 Å². The number of pyridine rings is 1. The van der Waals surface area contributed by atoms with Gasteiger partial charge in [-0.2, -0.15) is 0 Å². The van der Waals surface area contributed by atoms with Crippen LogP contribution in [-0.4, -0.2) is 50.5 Å². The molecule has 0 spiro atoms. The Morgan fingerprint density at radius 3 is 2.97 bits per heavy atom. The number of ether oxygens (including phenoxy) is 2. The molecule has 0 unspecified atom stereocenters. The van der Waals surface area contributed by atoms with Crippen molar-refractivity contribution in [3.63, 3.8) is 0 Å². The van der Waals surface area contributed by atoms with Gasteiger partial charge in [0.05, 0.1) is 30.7 Å². The van der Waals surface area contributed by atoms with Crippen molar-refractivity contribution in [2.75, 3.05) is 54.6 Å². The van der Waals surface area contributed by atoms with Crippen molar-refractivity contribution in [2.24, 2.45) is 5.92 Å². The van der Waals surface area contributed by atoms with Crippen molar-refractivity contribution in [2.45, 2.75) is 38.8 Å². The first-order valence-corrected chi connectivity index (χ1v) is 11.3. The van der Waals surface area contributed by atoms with E-state index in [1.54, 1.807) is 0 Å². The Morgan fingerprint density at radius 1 is 1.20 bits per heavy atom. The number of rotatable bonds is 5. The SMILES string of the molecule is CCO[C@@H]1CC[C@H](CN2Cc3cccnc3Nc3ccc(N4CCOCC4)cc32)C1. The van der Waals surface area contributed by atoms with E-state index in [4.69, 9.17) is 9.47 Å². The Labute approximate surface area is 179 Å². The number of hydrogen-bond donors (Lipinski definition) is 1. The van der Waals surface area contributed by atoms with Gasteiger partial charge in [-0.05, 0) is 56.4 Å². The van der Waals surface area contributed by atoms with Gasteiger partial charge in [0.25, 0.3) is 0 Å².